The Morgan fingerprint density at radius 2 is 1.90 bits per heavy atom. The van der Waals surface area contributed by atoms with E-state index in [1.165, 1.54) is 12.8 Å². The minimum atomic E-state index is 0.289. The van der Waals surface area contributed by atoms with E-state index in [4.69, 9.17) is 16.3 Å². The first-order valence-electron chi connectivity index (χ1n) is 6.67. The van der Waals surface area contributed by atoms with Gasteiger partial charge in [0.25, 0.3) is 0 Å². The molecular weight excluding hydrogens is 393 g/mol. The van der Waals surface area contributed by atoms with Crippen LogP contribution in [0, 0.1) is 3.83 Å². The molecule has 1 aliphatic carbocycles. The summed E-state index contributed by atoms with van der Waals surface area (Å²) in [5, 5.41) is 0.289. The van der Waals surface area contributed by atoms with Crippen molar-refractivity contribution in [3.8, 4) is 0 Å². The molecule has 20 heavy (non-hydrogen) atoms. The fraction of sp³-hybridized carbons (Fsp3) is 0.583. The van der Waals surface area contributed by atoms with Crippen molar-refractivity contribution in [2.45, 2.75) is 18.9 Å². The van der Waals surface area contributed by atoms with E-state index in [2.05, 4.69) is 47.0 Å². The topological polar surface area (TPSA) is 56.1 Å². The van der Waals surface area contributed by atoms with Crippen LogP contribution in [0.15, 0.2) is 0 Å². The number of hydrogen-bond acceptors (Lipinski definition) is 5. The van der Waals surface area contributed by atoms with Crippen LogP contribution in [0.4, 0.5) is 5.82 Å². The molecule has 6 nitrogen and oxygen atoms in total. The van der Waals surface area contributed by atoms with E-state index in [1.54, 1.807) is 0 Å². The normalized spacial score (nSPS) is 19.8. The summed E-state index contributed by atoms with van der Waals surface area (Å²) in [6.07, 6.45) is 2.38. The zero-order valence-corrected chi connectivity index (χ0v) is 13.6. The first-order valence-corrected chi connectivity index (χ1v) is 8.13. The van der Waals surface area contributed by atoms with Crippen molar-refractivity contribution < 1.29 is 4.74 Å². The van der Waals surface area contributed by atoms with Crippen LogP contribution in [0.1, 0.15) is 18.9 Å². The first-order chi connectivity index (χ1) is 9.74. The molecule has 1 saturated carbocycles. The lowest BCUT2D eigenvalue weighted by atomic mass is 10.3. The zero-order valence-electron chi connectivity index (χ0n) is 10.7. The van der Waals surface area contributed by atoms with Gasteiger partial charge >= 0.3 is 0 Å². The van der Waals surface area contributed by atoms with Crippen molar-refractivity contribution in [2.24, 2.45) is 0 Å². The number of ether oxygens (including phenoxy) is 1. The number of morpholine rings is 1. The predicted molar refractivity (Wildman–Crippen MR) is 84.4 cm³/mol. The summed E-state index contributed by atoms with van der Waals surface area (Å²) in [6, 6.07) is 0.524. The average molecular weight is 406 g/mol. The molecule has 8 heteroatoms. The number of imidazole rings is 1. The lowest BCUT2D eigenvalue weighted by Crippen LogP contribution is -2.37. The van der Waals surface area contributed by atoms with E-state index < -0.39 is 0 Å². The fourth-order valence-corrected chi connectivity index (χ4v) is 3.58. The molecule has 0 aromatic carbocycles. The van der Waals surface area contributed by atoms with Crippen LogP contribution in [0.25, 0.3) is 11.2 Å². The number of fused-ring (bicyclic) bond motifs is 1. The van der Waals surface area contributed by atoms with E-state index >= 15 is 0 Å². The molecule has 0 bridgehead atoms. The summed E-state index contributed by atoms with van der Waals surface area (Å²) in [6.45, 7) is 3.05. The molecule has 2 aliphatic rings. The van der Waals surface area contributed by atoms with E-state index in [-0.39, 0.29) is 5.28 Å². The molecule has 2 fully saturated rings. The van der Waals surface area contributed by atoms with Crippen molar-refractivity contribution in [2.75, 3.05) is 31.2 Å². The number of nitrogens with zero attached hydrogens (tertiary/aromatic N) is 5. The Morgan fingerprint density at radius 1 is 1.15 bits per heavy atom. The summed E-state index contributed by atoms with van der Waals surface area (Å²) in [7, 11) is 0. The Bertz CT molecular complexity index is 665. The van der Waals surface area contributed by atoms with Crippen LogP contribution < -0.4 is 4.90 Å². The number of anilines is 1. The van der Waals surface area contributed by atoms with Crippen LogP contribution in [0.2, 0.25) is 5.28 Å². The molecule has 0 unspecified atom stereocenters. The maximum absolute atomic E-state index is 6.13. The Balaban J connectivity index is 1.89. The third-order valence-electron chi connectivity index (χ3n) is 3.67. The maximum atomic E-state index is 6.13. The molecule has 0 N–H and O–H groups in total. The van der Waals surface area contributed by atoms with Crippen LogP contribution in [-0.2, 0) is 4.74 Å². The van der Waals surface area contributed by atoms with Crippen molar-refractivity contribution in [1.82, 2.24) is 19.5 Å². The van der Waals surface area contributed by atoms with Crippen LogP contribution >= 0.6 is 34.2 Å². The Kier molecular flexibility index (Phi) is 3.23. The van der Waals surface area contributed by atoms with E-state index in [0.717, 1.165) is 33.9 Å². The van der Waals surface area contributed by atoms with Crippen molar-refractivity contribution in [1.29, 1.82) is 0 Å². The smallest absolute Gasteiger partial charge is 0.226 e. The van der Waals surface area contributed by atoms with Crippen molar-refractivity contribution >= 4 is 51.2 Å². The molecule has 1 aliphatic heterocycles. The van der Waals surface area contributed by atoms with Gasteiger partial charge in [0.05, 0.1) is 13.2 Å². The van der Waals surface area contributed by atoms with E-state index in [1.807, 2.05) is 0 Å². The molecule has 2 aromatic rings. The van der Waals surface area contributed by atoms with Gasteiger partial charge in [-0.15, -0.1) is 0 Å². The molecule has 0 spiro atoms. The SMILES string of the molecule is Clc1nc(N2CCOCC2)c2nc(I)n(C3CC3)c2n1. The van der Waals surface area contributed by atoms with Crippen LogP contribution in [-0.4, -0.2) is 45.8 Å². The van der Waals surface area contributed by atoms with Gasteiger partial charge in [-0.2, -0.15) is 9.97 Å². The number of rotatable bonds is 2. The lowest BCUT2D eigenvalue weighted by Gasteiger charge is -2.27. The Hall–Kier alpha value is -0.670. The minimum Gasteiger partial charge on any atom is -0.378 e. The fourth-order valence-electron chi connectivity index (χ4n) is 2.56. The van der Waals surface area contributed by atoms with Gasteiger partial charge in [-0.1, -0.05) is 0 Å². The summed E-state index contributed by atoms with van der Waals surface area (Å²) in [5.74, 6) is 0.834. The summed E-state index contributed by atoms with van der Waals surface area (Å²) in [5.41, 5.74) is 1.71. The second-order valence-corrected chi connectivity index (χ2v) is 6.37. The zero-order chi connectivity index (χ0) is 13.7. The second kappa shape index (κ2) is 4.96. The Morgan fingerprint density at radius 3 is 2.60 bits per heavy atom. The van der Waals surface area contributed by atoms with Gasteiger partial charge < -0.3 is 14.2 Å². The van der Waals surface area contributed by atoms with Crippen molar-refractivity contribution in [3.63, 3.8) is 0 Å². The van der Waals surface area contributed by atoms with Gasteiger partial charge in [-0.05, 0) is 24.4 Å². The molecule has 106 valence electrons. The highest BCUT2D eigenvalue weighted by molar-refractivity contribution is 14.1. The third-order valence-corrected chi connectivity index (χ3v) is 4.60. The molecular formula is C12H13ClIN5O. The molecule has 2 aromatic heterocycles. The Labute approximate surface area is 134 Å². The number of hydrogen-bond donors (Lipinski definition) is 0. The summed E-state index contributed by atoms with van der Waals surface area (Å²) >= 11 is 8.39. The molecule has 4 rings (SSSR count). The van der Waals surface area contributed by atoms with Crippen LogP contribution in [0.5, 0.6) is 0 Å². The van der Waals surface area contributed by atoms with E-state index in [9.17, 15) is 0 Å². The summed E-state index contributed by atoms with van der Waals surface area (Å²) < 4.78 is 8.55. The average Bonchev–Trinajstić information content (AvgIpc) is 3.22. The number of aromatic nitrogens is 4. The second-order valence-electron chi connectivity index (χ2n) is 5.07. The molecule has 0 atom stereocenters. The molecule has 1 saturated heterocycles. The van der Waals surface area contributed by atoms with Gasteiger partial charge in [-0.25, -0.2) is 4.98 Å². The third kappa shape index (κ3) is 2.15. The lowest BCUT2D eigenvalue weighted by molar-refractivity contribution is 0.122. The quantitative estimate of drug-likeness (QED) is 0.436. The number of halogens is 2. The molecule has 0 amide bonds. The van der Waals surface area contributed by atoms with Gasteiger partial charge in [0.2, 0.25) is 5.28 Å². The highest BCUT2D eigenvalue weighted by Crippen LogP contribution is 2.40. The highest BCUT2D eigenvalue weighted by Gasteiger charge is 2.30. The minimum absolute atomic E-state index is 0.289. The first kappa shape index (κ1) is 13.0. The summed E-state index contributed by atoms with van der Waals surface area (Å²) in [4.78, 5) is 15.7. The van der Waals surface area contributed by atoms with E-state index in [0.29, 0.717) is 19.3 Å². The predicted octanol–water partition coefficient (Wildman–Crippen LogP) is 2.26. The van der Waals surface area contributed by atoms with Gasteiger partial charge in [-0.3, -0.25) is 0 Å². The monoisotopic (exact) mass is 405 g/mol. The van der Waals surface area contributed by atoms with Gasteiger partial charge in [0, 0.05) is 41.7 Å². The van der Waals surface area contributed by atoms with Crippen molar-refractivity contribution in [3.05, 3.63) is 9.11 Å². The molecule has 0 radical (unpaired) electrons. The standard InChI is InChI=1S/C12H13ClIN5O/c13-11-16-9(18-3-5-20-6-4-18)8-10(17-11)19(7-1-2-7)12(14)15-8/h7H,1-6H2. The van der Waals surface area contributed by atoms with Gasteiger partial charge in [0.1, 0.15) is 0 Å². The highest BCUT2D eigenvalue weighted by atomic mass is 127. The van der Waals surface area contributed by atoms with Gasteiger partial charge in [0.15, 0.2) is 20.8 Å². The largest absolute Gasteiger partial charge is 0.378 e. The molecule has 3 heterocycles. The van der Waals surface area contributed by atoms with Crippen LogP contribution in [0.3, 0.4) is 0 Å². The maximum Gasteiger partial charge on any atom is 0.226 e.